The maximum absolute atomic E-state index is 12.1. The van der Waals surface area contributed by atoms with Gasteiger partial charge in [-0.15, -0.1) is 0 Å². The molecule has 1 aromatic carbocycles. The number of aromatic nitrogens is 1. The molecule has 0 spiro atoms. The fourth-order valence-corrected chi connectivity index (χ4v) is 2.05. The first-order valence-electron chi connectivity index (χ1n) is 7.24. The first-order chi connectivity index (χ1) is 10.8. The first-order valence-corrected chi connectivity index (χ1v) is 7.24. The highest BCUT2D eigenvalue weighted by Crippen LogP contribution is 2.20. The third kappa shape index (κ3) is 4.57. The molecule has 0 fully saturated rings. The molecule has 3 N–H and O–H groups in total. The molecule has 2 rings (SSSR count). The number of hydrogen-bond acceptors (Lipinski definition) is 5. The molecule has 0 aliphatic carbocycles. The summed E-state index contributed by atoms with van der Waals surface area (Å²) < 4.78 is 4.96. The van der Waals surface area contributed by atoms with E-state index in [1.165, 1.54) is 6.92 Å². The lowest BCUT2D eigenvalue weighted by Crippen LogP contribution is -2.31. The second-order valence-corrected chi connectivity index (χ2v) is 5.40. The Morgan fingerprint density at radius 2 is 1.91 bits per heavy atom. The van der Waals surface area contributed by atoms with Crippen LogP contribution < -0.4 is 16.0 Å². The maximum atomic E-state index is 12.1. The summed E-state index contributed by atoms with van der Waals surface area (Å²) in [6.45, 7) is 6.87. The van der Waals surface area contributed by atoms with Crippen LogP contribution in [0.15, 0.2) is 28.8 Å². The van der Waals surface area contributed by atoms with E-state index >= 15 is 0 Å². The lowest BCUT2D eigenvalue weighted by atomic mass is 10.1. The van der Waals surface area contributed by atoms with Crippen molar-refractivity contribution in [1.29, 1.82) is 0 Å². The third-order valence-corrected chi connectivity index (χ3v) is 3.19. The highest BCUT2D eigenvalue weighted by atomic mass is 16.5. The second kappa shape index (κ2) is 6.95. The van der Waals surface area contributed by atoms with Crippen LogP contribution in [0.25, 0.3) is 0 Å². The van der Waals surface area contributed by atoms with Gasteiger partial charge >= 0.3 is 0 Å². The number of aryl methyl sites for hydroxylation is 2. The van der Waals surface area contributed by atoms with Gasteiger partial charge in [0.2, 0.25) is 17.7 Å². The SMILES string of the molecule is CC(=O)Nc1ccc(NC(C)C(=O)Nc2cc(C)no2)cc1C. The Morgan fingerprint density at radius 3 is 2.48 bits per heavy atom. The highest BCUT2D eigenvalue weighted by molar-refractivity contribution is 5.95. The molecule has 0 saturated carbocycles. The van der Waals surface area contributed by atoms with E-state index in [0.29, 0.717) is 11.6 Å². The van der Waals surface area contributed by atoms with Crippen LogP contribution in [0.3, 0.4) is 0 Å². The van der Waals surface area contributed by atoms with Gasteiger partial charge in [0.15, 0.2) is 0 Å². The molecule has 122 valence electrons. The monoisotopic (exact) mass is 316 g/mol. The molecule has 0 radical (unpaired) electrons. The number of anilines is 3. The Hall–Kier alpha value is -2.83. The van der Waals surface area contributed by atoms with Gasteiger partial charge in [-0.05, 0) is 44.5 Å². The van der Waals surface area contributed by atoms with Gasteiger partial charge in [0, 0.05) is 24.4 Å². The zero-order valence-corrected chi connectivity index (χ0v) is 13.6. The molecule has 2 aromatic rings. The van der Waals surface area contributed by atoms with Gasteiger partial charge in [-0.1, -0.05) is 5.16 Å². The van der Waals surface area contributed by atoms with E-state index in [4.69, 9.17) is 4.52 Å². The minimum atomic E-state index is -0.466. The van der Waals surface area contributed by atoms with Gasteiger partial charge in [0.05, 0.1) is 5.69 Å². The lowest BCUT2D eigenvalue weighted by Gasteiger charge is -2.15. The predicted molar refractivity (Wildman–Crippen MR) is 88.4 cm³/mol. The van der Waals surface area contributed by atoms with E-state index in [-0.39, 0.29) is 11.8 Å². The van der Waals surface area contributed by atoms with Crippen LogP contribution in [-0.4, -0.2) is 23.0 Å². The minimum Gasteiger partial charge on any atom is -0.374 e. The standard InChI is InChI=1S/C16H20N4O3/c1-9-7-13(5-6-14(9)18-12(4)21)17-11(3)16(22)19-15-8-10(2)20-23-15/h5-8,11,17H,1-4H3,(H,18,21)(H,19,22). The van der Waals surface area contributed by atoms with Gasteiger partial charge in [-0.3, -0.25) is 14.9 Å². The fourth-order valence-electron chi connectivity index (χ4n) is 2.05. The first kappa shape index (κ1) is 16.5. The minimum absolute atomic E-state index is 0.121. The number of benzene rings is 1. The largest absolute Gasteiger partial charge is 0.374 e. The summed E-state index contributed by atoms with van der Waals surface area (Å²) in [6, 6.07) is 6.65. The summed E-state index contributed by atoms with van der Waals surface area (Å²) in [5.74, 6) is -0.0352. The number of carbonyl (C=O) groups is 2. The van der Waals surface area contributed by atoms with Gasteiger partial charge < -0.3 is 15.2 Å². The van der Waals surface area contributed by atoms with Crippen LogP contribution in [-0.2, 0) is 9.59 Å². The van der Waals surface area contributed by atoms with Crippen LogP contribution in [0, 0.1) is 13.8 Å². The summed E-state index contributed by atoms with van der Waals surface area (Å²) >= 11 is 0. The van der Waals surface area contributed by atoms with Crippen molar-refractivity contribution >= 4 is 29.1 Å². The number of hydrogen-bond donors (Lipinski definition) is 3. The Balaban J connectivity index is 1.99. The third-order valence-electron chi connectivity index (χ3n) is 3.19. The Kier molecular flexibility index (Phi) is 5.00. The fraction of sp³-hybridized carbons (Fsp3) is 0.312. The summed E-state index contributed by atoms with van der Waals surface area (Å²) in [5.41, 5.74) is 3.14. The van der Waals surface area contributed by atoms with Crippen molar-refractivity contribution in [3.8, 4) is 0 Å². The van der Waals surface area contributed by atoms with Crippen molar-refractivity contribution < 1.29 is 14.1 Å². The van der Waals surface area contributed by atoms with Gasteiger partial charge in [0.25, 0.3) is 0 Å². The van der Waals surface area contributed by atoms with Crippen molar-refractivity contribution in [3.63, 3.8) is 0 Å². The number of carbonyl (C=O) groups excluding carboxylic acids is 2. The summed E-state index contributed by atoms with van der Waals surface area (Å²) in [6.07, 6.45) is 0. The lowest BCUT2D eigenvalue weighted by molar-refractivity contribution is -0.116. The van der Waals surface area contributed by atoms with Crippen LogP contribution in [0.1, 0.15) is 25.1 Å². The Labute approximate surface area is 134 Å². The summed E-state index contributed by atoms with van der Waals surface area (Å²) in [5, 5.41) is 12.2. The van der Waals surface area contributed by atoms with Crippen LogP contribution in [0.4, 0.5) is 17.3 Å². The smallest absolute Gasteiger partial charge is 0.248 e. The van der Waals surface area contributed by atoms with Gasteiger partial charge in [-0.25, -0.2) is 0 Å². The average molecular weight is 316 g/mol. The molecule has 0 aliphatic heterocycles. The van der Waals surface area contributed by atoms with E-state index < -0.39 is 6.04 Å². The number of nitrogens with zero attached hydrogens (tertiary/aromatic N) is 1. The molecular weight excluding hydrogens is 296 g/mol. The predicted octanol–water partition coefficient (Wildman–Crippen LogP) is 2.69. The van der Waals surface area contributed by atoms with Crippen molar-refractivity contribution in [3.05, 3.63) is 35.5 Å². The van der Waals surface area contributed by atoms with E-state index in [9.17, 15) is 9.59 Å². The normalized spacial score (nSPS) is 11.7. The van der Waals surface area contributed by atoms with Crippen molar-refractivity contribution in [2.45, 2.75) is 33.7 Å². The summed E-state index contributed by atoms with van der Waals surface area (Å²) in [7, 11) is 0. The van der Waals surface area contributed by atoms with E-state index in [0.717, 1.165) is 16.9 Å². The molecule has 0 saturated heterocycles. The Morgan fingerprint density at radius 1 is 1.17 bits per heavy atom. The van der Waals surface area contributed by atoms with Gasteiger partial charge in [0.1, 0.15) is 6.04 Å². The molecule has 1 aromatic heterocycles. The molecule has 2 amide bonds. The van der Waals surface area contributed by atoms with Crippen LogP contribution >= 0.6 is 0 Å². The van der Waals surface area contributed by atoms with Crippen LogP contribution in [0.2, 0.25) is 0 Å². The Bertz CT molecular complexity index is 724. The summed E-state index contributed by atoms with van der Waals surface area (Å²) in [4.78, 5) is 23.2. The number of nitrogens with one attached hydrogen (secondary N) is 3. The number of rotatable bonds is 5. The molecule has 23 heavy (non-hydrogen) atoms. The molecule has 0 aliphatic rings. The number of amides is 2. The zero-order valence-electron chi connectivity index (χ0n) is 13.6. The molecule has 7 nitrogen and oxygen atoms in total. The van der Waals surface area contributed by atoms with Crippen molar-refractivity contribution in [2.24, 2.45) is 0 Å². The van der Waals surface area contributed by atoms with Gasteiger partial charge in [-0.2, -0.15) is 0 Å². The van der Waals surface area contributed by atoms with E-state index in [2.05, 4.69) is 21.1 Å². The highest BCUT2D eigenvalue weighted by Gasteiger charge is 2.15. The molecule has 1 atom stereocenters. The van der Waals surface area contributed by atoms with E-state index in [1.807, 2.05) is 13.0 Å². The van der Waals surface area contributed by atoms with E-state index in [1.54, 1.807) is 32.0 Å². The molecule has 1 unspecified atom stereocenters. The molecular formula is C16H20N4O3. The maximum Gasteiger partial charge on any atom is 0.248 e. The zero-order chi connectivity index (χ0) is 17.0. The topological polar surface area (TPSA) is 96.3 Å². The van der Waals surface area contributed by atoms with Crippen LogP contribution in [0.5, 0.6) is 0 Å². The second-order valence-electron chi connectivity index (χ2n) is 5.40. The molecule has 7 heteroatoms. The quantitative estimate of drug-likeness (QED) is 0.788. The molecule has 0 bridgehead atoms. The van der Waals surface area contributed by atoms with Crippen molar-refractivity contribution in [2.75, 3.05) is 16.0 Å². The average Bonchev–Trinajstić information content (AvgIpc) is 2.86. The molecule has 1 heterocycles. The van der Waals surface area contributed by atoms with Crippen molar-refractivity contribution in [1.82, 2.24) is 5.16 Å².